The molecule has 53 heavy (non-hydrogen) atoms. The molecule has 1 amide bonds. The largest absolute Gasteiger partial charge is 0.461 e. The fraction of sp³-hybridized carbons (Fsp3) is 0.750. The molecule has 7 rings (SSSR count). The molecule has 4 heterocycles. The molecular weight excluding hydrogens is 672 g/mol. The first-order valence-electron chi connectivity index (χ1n) is 19.8. The molecule has 0 spiro atoms. The van der Waals surface area contributed by atoms with E-state index < -0.39 is 23.0 Å². The average Bonchev–Trinajstić information content (AvgIpc) is 3.89. The van der Waals surface area contributed by atoms with Crippen molar-refractivity contribution in [3.63, 3.8) is 0 Å². The quantitative estimate of drug-likeness (QED) is 0.300. The van der Waals surface area contributed by atoms with Crippen molar-refractivity contribution in [2.45, 2.75) is 97.4 Å². The van der Waals surface area contributed by atoms with E-state index >= 15 is 0 Å². The van der Waals surface area contributed by atoms with Crippen molar-refractivity contribution in [1.82, 2.24) is 34.2 Å². The highest BCUT2D eigenvalue weighted by atomic mass is 16.5. The molecule has 2 aromatic rings. The molecule has 2 bridgehead atoms. The van der Waals surface area contributed by atoms with Crippen molar-refractivity contribution in [2.75, 3.05) is 64.8 Å². The molecule has 0 aromatic carbocycles. The minimum atomic E-state index is -0.692. The Kier molecular flexibility index (Phi) is 10.2. The summed E-state index contributed by atoms with van der Waals surface area (Å²) in [5, 5.41) is 11.8. The van der Waals surface area contributed by atoms with Gasteiger partial charge in [-0.1, -0.05) is 33.8 Å². The molecule has 3 aliphatic carbocycles. The monoisotopic (exact) mass is 732 g/mol. The van der Waals surface area contributed by atoms with Gasteiger partial charge in [-0.25, -0.2) is 15.0 Å². The molecule has 2 aromatic heterocycles. The summed E-state index contributed by atoms with van der Waals surface area (Å²) in [6, 6.07) is 0.475. The highest BCUT2D eigenvalue weighted by Crippen LogP contribution is 2.68. The van der Waals surface area contributed by atoms with Crippen LogP contribution < -0.4 is 4.90 Å². The summed E-state index contributed by atoms with van der Waals surface area (Å²) in [5.74, 6) is 0.704. The van der Waals surface area contributed by atoms with E-state index in [9.17, 15) is 19.5 Å². The Labute approximate surface area is 314 Å². The lowest BCUT2D eigenvalue weighted by Crippen LogP contribution is -2.63. The number of fused-ring (bicyclic) bond motifs is 1. The highest BCUT2D eigenvalue weighted by Gasteiger charge is 2.68. The van der Waals surface area contributed by atoms with E-state index in [2.05, 4.69) is 71.1 Å². The van der Waals surface area contributed by atoms with Gasteiger partial charge in [0.15, 0.2) is 17.0 Å². The Bertz CT molecular complexity index is 1720. The maximum atomic E-state index is 13.8. The molecule has 13 heteroatoms. The number of aliphatic hydroxyl groups excluding tert-OH is 1. The Balaban J connectivity index is 0.959. The maximum Gasteiger partial charge on any atom is 0.320 e. The van der Waals surface area contributed by atoms with E-state index in [0.717, 1.165) is 55.8 Å². The topological polar surface area (TPSA) is 137 Å². The van der Waals surface area contributed by atoms with Gasteiger partial charge >= 0.3 is 5.97 Å². The Hall–Kier alpha value is -3.42. The Morgan fingerprint density at radius 2 is 1.83 bits per heavy atom. The summed E-state index contributed by atoms with van der Waals surface area (Å²) >= 11 is 0. The molecule has 5 fully saturated rings. The van der Waals surface area contributed by atoms with Crippen LogP contribution in [0.2, 0.25) is 0 Å². The van der Waals surface area contributed by atoms with Gasteiger partial charge in [-0.05, 0) is 63.5 Å². The number of hydrogen-bond acceptors (Lipinski definition) is 11. The predicted molar refractivity (Wildman–Crippen MR) is 202 cm³/mol. The van der Waals surface area contributed by atoms with Crippen LogP contribution in [-0.4, -0.2) is 135 Å². The van der Waals surface area contributed by atoms with Gasteiger partial charge in [0.1, 0.15) is 18.2 Å². The smallest absolute Gasteiger partial charge is 0.320 e. The van der Waals surface area contributed by atoms with E-state index in [0.29, 0.717) is 58.0 Å². The van der Waals surface area contributed by atoms with Crippen molar-refractivity contribution >= 4 is 34.6 Å². The molecule has 0 radical (unpaired) electrons. The zero-order valence-electron chi connectivity index (χ0n) is 32.7. The SMILES string of the molecule is C=C[C@]1(C)C[C@@H](OC(=O)CN2CCN(C(=O)CCn3cnc4c(N5CCC(N(C)C)C5)ncnc43)CC2)[C@]2(C)[C@H](C)CC[C@]3(CCC(=O)[C@@H]32)[C@@H](C)[C@@H]1O. The number of imidazole rings is 1. The lowest BCUT2D eigenvalue weighted by atomic mass is 9.44. The van der Waals surface area contributed by atoms with Crippen LogP contribution >= 0.6 is 0 Å². The van der Waals surface area contributed by atoms with E-state index in [-0.39, 0.29) is 47.4 Å². The number of aromatic nitrogens is 4. The molecule has 2 aliphatic heterocycles. The second-order valence-corrected chi connectivity index (χ2v) is 17.6. The number of carbonyl (C=O) groups excluding carboxylic acids is 3. The number of esters is 1. The van der Waals surface area contributed by atoms with Gasteiger partial charge in [-0.2, -0.15) is 0 Å². The molecule has 3 saturated carbocycles. The van der Waals surface area contributed by atoms with Crippen LogP contribution in [0.25, 0.3) is 11.2 Å². The number of Topliss-reactive ketones (excluding diaryl/α,β-unsaturated/α-hetero) is 1. The molecular formula is C40H60N8O5. The van der Waals surface area contributed by atoms with Crippen LogP contribution in [0.1, 0.15) is 72.6 Å². The normalized spacial score (nSPS) is 36.4. The number of amides is 1. The second kappa shape index (κ2) is 14.3. The number of likely N-dealkylation sites (N-methyl/N-ethyl adjacent to an activating group) is 1. The standard InChI is InChI=1S/C40H60N8O5/c1-8-38(4)21-30(39(5)26(2)9-13-40(27(3)35(38)52)14-10-29(49)34(39)40)53-32(51)23-45-17-19-46(20-18-45)31(50)12-16-48-25-43-33-36(41-24-42-37(33)48)47-15-11-28(22-47)44(6)7/h8,24-28,30,34-35,52H,1,9-23H2,2-7H3/t26-,27+,28?,30-,34-,35+,38-,39+,40+/m1/s1. The van der Waals surface area contributed by atoms with Gasteiger partial charge < -0.3 is 29.1 Å². The molecule has 13 nitrogen and oxygen atoms in total. The third-order valence-electron chi connectivity index (χ3n) is 14.8. The average molecular weight is 733 g/mol. The minimum Gasteiger partial charge on any atom is -0.461 e. The summed E-state index contributed by atoms with van der Waals surface area (Å²) in [6.07, 6.45) is 8.90. The van der Waals surface area contributed by atoms with Gasteiger partial charge in [0.2, 0.25) is 5.91 Å². The lowest BCUT2D eigenvalue weighted by Gasteiger charge is -2.61. The number of ketones is 1. The highest BCUT2D eigenvalue weighted by molar-refractivity contribution is 5.86. The van der Waals surface area contributed by atoms with Gasteiger partial charge in [0, 0.05) is 81.4 Å². The third kappa shape index (κ3) is 6.48. The molecule has 1 N–H and O–H groups in total. The zero-order chi connectivity index (χ0) is 37.9. The third-order valence-corrected chi connectivity index (χ3v) is 14.8. The van der Waals surface area contributed by atoms with Crippen molar-refractivity contribution < 1.29 is 24.2 Å². The van der Waals surface area contributed by atoms with E-state index in [1.54, 1.807) is 12.7 Å². The summed E-state index contributed by atoms with van der Waals surface area (Å²) in [7, 11) is 4.21. The first kappa shape index (κ1) is 37.9. The van der Waals surface area contributed by atoms with Gasteiger partial charge in [0.05, 0.1) is 19.0 Å². The van der Waals surface area contributed by atoms with Crippen LogP contribution in [0.15, 0.2) is 25.3 Å². The van der Waals surface area contributed by atoms with E-state index in [4.69, 9.17) is 4.74 Å². The van der Waals surface area contributed by atoms with Gasteiger partial charge in [-0.15, -0.1) is 6.58 Å². The second-order valence-electron chi connectivity index (χ2n) is 17.6. The van der Waals surface area contributed by atoms with E-state index in [1.165, 1.54) is 0 Å². The van der Waals surface area contributed by atoms with Crippen molar-refractivity contribution in [3.05, 3.63) is 25.3 Å². The van der Waals surface area contributed by atoms with Gasteiger partial charge in [-0.3, -0.25) is 19.3 Å². The summed E-state index contributed by atoms with van der Waals surface area (Å²) in [4.78, 5) is 63.0. The minimum absolute atomic E-state index is 0.0617. The van der Waals surface area contributed by atoms with Crippen LogP contribution in [0.3, 0.4) is 0 Å². The van der Waals surface area contributed by atoms with Crippen LogP contribution in [-0.2, 0) is 25.7 Å². The first-order chi connectivity index (χ1) is 25.2. The van der Waals surface area contributed by atoms with Crippen LogP contribution in [0.4, 0.5) is 5.82 Å². The number of carbonyl (C=O) groups is 3. The molecule has 9 atom stereocenters. The van der Waals surface area contributed by atoms with Gasteiger partial charge in [0.25, 0.3) is 0 Å². The first-order valence-corrected chi connectivity index (χ1v) is 19.8. The fourth-order valence-corrected chi connectivity index (χ4v) is 11.0. The predicted octanol–water partition coefficient (Wildman–Crippen LogP) is 3.41. The molecule has 290 valence electrons. The van der Waals surface area contributed by atoms with Crippen LogP contribution in [0, 0.1) is 34.0 Å². The molecule has 1 unspecified atom stereocenters. The van der Waals surface area contributed by atoms with E-state index in [1.807, 2.05) is 22.5 Å². The number of aryl methyl sites for hydroxylation is 1. The lowest BCUT2D eigenvalue weighted by molar-refractivity contribution is -0.207. The number of anilines is 1. The molecule has 5 aliphatic rings. The van der Waals surface area contributed by atoms with Crippen LogP contribution in [0.5, 0.6) is 0 Å². The number of nitrogens with zero attached hydrogens (tertiary/aromatic N) is 8. The van der Waals surface area contributed by atoms with Crippen molar-refractivity contribution in [1.29, 1.82) is 0 Å². The number of aliphatic hydroxyl groups is 1. The fourth-order valence-electron chi connectivity index (χ4n) is 11.0. The van der Waals surface area contributed by atoms with Crippen molar-refractivity contribution in [2.24, 2.45) is 34.0 Å². The summed E-state index contributed by atoms with van der Waals surface area (Å²) in [5.41, 5.74) is -0.00923. The Morgan fingerprint density at radius 1 is 1.08 bits per heavy atom. The summed E-state index contributed by atoms with van der Waals surface area (Å²) < 4.78 is 8.41. The maximum absolute atomic E-state index is 13.8. The Morgan fingerprint density at radius 3 is 2.53 bits per heavy atom. The molecule has 2 saturated heterocycles. The zero-order valence-corrected chi connectivity index (χ0v) is 32.7. The number of rotatable bonds is 9. The number of hydrogen-bond donors (Lipinski definition) is 1. The number of ether oxygens (including phenoxy) is 1. The van der Waals surface area contributed by atoms with Crippen molar-refractivity contribution in [3.8, 4) is 0 Å². The number of piperazine rings is 1. The summed E-state index contributed by atoms with van der Waals surface area (Å²) in [6.45, 7) is 17.2.